The van der Waals surface area contributed by atoms with Crippen LogP contribution in [0.1, 0.15) is 17.5 Å². The number of rotatable bonds is 8. The molecule has 0 aromatic heterocycles. The molecule has 1 fully saturated rings. The van der Waals surface area contributed by atoms with Crippen molar-refractivity contribution in [3.8, 4) is 5.75 Å². The molecule has 1 heterocycles. The number of esters is 1. The topological polar surface area (TPSA) is 102 Å². The first-order chi connectivity index (χ1) is 16.1. The molecule has 0 aliphatic carbocycles. The average Bonchev–Trinajstić information content (AvgIpc) is 2.79. The second-order valence-electron chi connectivity index (χ2n) is 7.29. The normalized spacial score (nSPS) is 12.9. The summed E-state index contributed by atoms with van der Waals surface area (Å²) in [6.07, 6.45) is 0.387. The number of likely N-dealkylation sites (tertiary alicyclic amines) is 1. The Morgan fingerprint density at radius 3 is 2.24 bits per heavy atom. The van der Waals surface area contributed by atoms with Gasteiger partial charge in [-0.25, -0.2) is 18.0 Å². The minimum Gasteiger partial charge on any atom is -0.418 e. The molecule has 3 rings (SSSR count). The quantitative estimate of drug-likeness (QED) is 0.155. The Balaban J connectivity index is 1.44. The Morgan fingerprint density at radius 1 is 0.971 bits per heavy atom. The van der Waals surface area contributed by atoms with E-state index < -0.39 is 59.7 Å². The first kappa shape index (κ1) is 24.8. The maximum Gasteiger partial charge on any atom is 0.337 e. The van der Waals surface area contributed by atoms with Gasteiger partial charge < -0.3 is 14.8 Å². The molecule has 34 heavy (non-hydrogen) atoms. The summed E-state index contributed by atoms with van der Waals surface area (Å²) in [7, 11) is 0. The molecule has 0 atom stereocenters. The number of β-lactam (4-membered cyclic amide) rings is 1. The largest absolute Gasteiger partial charge is 0.418 e. The van der Waals surface area contributed by atoms with Gasteiger partial charge in [-0.1, -0.05) is 12.1 Å². The fourth-order valence-corrected chi connectivity index (χ4v) is 2.94. The number of hydrogen-bond acceptors (Lipinski definition) is 6. The van der Waals surface area contributed by atoms with Crippen LogP contribution in [0.25, 0.3) is 0 Å². The van der Waals surface area contributed by atoms with E-state index in [9.17, 15) is 36.7 Å². The predicted octanol–water partition coefficient (Wildman–Crippen LogP) is 2.41. The highest BCUT2D eigenvalue weighted by atomic mass is 19.2. The molecule has 0 unspecified atom stereocenters. The first-order valence-electron chi connectivity index (χ1n) is 9.91. The summed E-state index contributed by atoms with van der Waals surface area (Å²) in [6.45, 7) is -0.290. The summed E-state index contributed by atoms with van der Waals surface area (Å²) in [5, 5.41) is 2.46. The van der Waals surface area contributed by atoms with Gasteiger partial charge in [0, 0.05) is 24.2 Å². The van der Waals surface area contributed by atoms with Crippen LogP contribution in [-0.4, -0.2) is 48.3 Å². The zero-order valence-electron chi connectivity index (χ0n) is 17.8. The predicted molar refractivity (Wildman–Crippen MR) is 108 cm³/mol. The Hall–Kier alpha value is -3.80. The third kappa shape index (κ3) is 5.57. The van der Waals surface area contributed by atoms with Gasteiger partial charge in [-0.05, 0) is 24.6 Å². The highest BCUT2D eigenvalue weighted by molar-refractivity contribution is 6.00. The third-order valence-corrected chi connectivity index (χ3v) is 4.86. The molecule has 0 saturated carbocycles. The number of anilines is 1. The summed E-state index contributed by atoms with van der Waals surface area (Å²) >= 11 is 0. The van der Waals surface area contributed by atoms with Gasteiger partial charge in [-0.15, -0.1) is 0 Å². The van der Waals surface area contributed by atoms with Crippen molar-refractivity contribution in [1.82, 2.24) is 4.90 Å². The zero-order valence-corrected chi connectivity index (χ0v) is 17.8. The Bertz CT molecular complexity index is 1120. The summed E-state index contributed by atoms with van der Waals surface area (Å²) in [6, 6.07) is 6.21. The van der Waals surface area contributed by atoms with Gasteiger partial charge in [-0.3, -0.25) is 19.3 Å². The van der Waals surface area contributed by atoms with E-state index in [0.717, 1.165) is 11.8 Å². The molecular formula is C22H18F4N2O6. The van der Waals surface area contributed by atoms with Gasteiger partial charge >= 0.3 is 5.97 Å². The second kappa shape index (κ2) is 10.4. The number of carbonyl (C=O) groups is 4. The maximum absolute atomic E-state index is 13.9. The van der Waals surface area contributed by atoms with Crippen molar-refractivity contribution in [1.29, 1.82) is 0 Å². The second-order valence-corrected chi connectivity index (χ2v) is 7.29. The van der Waals surface area contributed by atoms with Gasteiger partial charge in [0.2, 0.25) is 29.3 Å². The lowest BCUT2D eigenvalue weighted by Crippen LogP contribution is -2.48. The summed E-state index contributed by atoms with van der Waals surface area (Å²) in [5.41, 5.74) is 0.119. The van der Waals surface area contributed by atoms with Crippen molar-refractivity contribution >= 4 is 29.4 Å². The third-order valence-electron chi connectivity index (χ3n) is 4.86. The number of benzene rings is 2. The minimum atomic E-state index is -2.01. The van der Waals surface area contributed by atoms with E-state index in [1.807, 2.05) is 0 Å². The van der Waals surface area contributed by atoms with E-state index in [1.165, 1.54) is 12.1 Å². The van der Waals surface area contributed by atoms with Gasteiger partial charge in [0.05, 0.1) is 6.42 Å². The van der Waals surface area contributed by atoms with Crippen LogP contribution < -0.4 is 10.1 Å². The summed E-state index contributed by atoms with van der Waals surface area (Å²) in [5.74, 6) is -11.3. The standard InChI is InChI=1S/C22H18F4N2O6/c1-11-18(23)20(25)21(26)22(19(11)24)34-17(32)10-33-9-14(29)27-13-4-2-12(3-5-13)8-16(31)28-7-6-15(28)30/h2-5H,6-10H2,1H3,(H,27,29). The van der Waals surface area contributed by atoms with Crippen LogP contribution in [-0.2, 0) is 30.3 Å². The van der Waals surface area contributed by atoms with Crippen molar-refractivity contribution < 1.29 is 46.2 Å². The fourth-order valence-electron chi connectivity index (χ4n) is 2.94. The van der Waals surface area contributed by atoms with Crippen LogP contribution in [0.2, 0.25) is 0 Å². The molecule has 1 aliphatic heterocycles. The highest BCUT2D eigenvalue weighted by Crippen LogP contribution is 2.29. The average molecular weight is 482 g/mol. The van der Waals surface area contributed by atoms with Gasteiger partial charge in [-0.2, -0.15) is 4.39 Å². The van der Waals surface area contributed by atoms with Crippen LogP contribution >= 0.6 is 0 Å². The lowest BCUT2D eigenvalue weighted by Gasteiger charge is -2.28. The van der Waals surface area contributed by atoms with Crippen LogP contribution in [0.3, 0.4) is 0 Å². The number of halogens is 4. The molecule has 3 amide bonds. The van der Waals surface area contributed by atoms with E-state index in [1.54, 1.807) is 12.1 Å². The van der Waals surface area contributed by atoms with E-state index in [-0.39, 0.29) is 18.2 Å². The fraction of sp³-hybridized carbons (Fsp3) is 0.273. The molecule has 2 aromatic rings. The van der Waals surface area contributed by atoms with Crippen LogP contribution in [0.15, 0.2) is 24.3 Å². The van der Waals surface area contributed by atoms with E-state index in [0.29, 0.717) is 24.2 Å². The van der Waals surface area contributed by atoms with Crippen LogP contribution in [0.5, 0.6) is 5.75 Å². The van der Waals surface area contributed by atoms with Crippen molar-refractivity contribution in [2.24, 2.45) is 0 Å². The number of carbonyl (C=O) groups excluding carboxylic acids is 4. The molecule has 2 aromatic carbocycles. The molecular weight excluding hydrogens is 464 g/mol. The number of hydrogen-bond donors (Lipinski definition) is 1. The highest BCUT2D eigenvalue weighted by Gasteiger charge is 2.29. The first-order valence-corrected chi connectivity index (χ1v) is 9.91. The number of amides is 3. The molecule has 0 bridgehead atoms. The van der Waals surface area contributed by atoms with Gasteiger partial charge in [0.1, 0.15) is 13.2 Å². The SMILES string of the molecule is Cc1c(F)c(F)c(F)c(OC(=O)COCC(=O)Nc2ccc(CC(=O)N3CCC3=O)cc2)c1F. The van der Waals surface area contributed by atoms with E-state index >= 15 is 0 Å². The van der Waals surface area contributed by atoms with Crippen molar-refractivity contribution in [3.63, 3.8) is 0 Å². The van der Waals surface area contributed by atoms with Gasteiger partial charge in [0.15, 0.2) is 17.5 Å². The Labute approximate surface area is 190 Å². The van der Waals surface area contributed by atoms with Crippen molar-refractivity contribution in [3.05, 3.63) is 58.7 Å². The van der Waals surface area contributed by atoms with E-state index in [4.69, 9.17) is 4.74 Å². The maximum atomic E-state index is 13.9. The monoisotopic (exact) mass is 482 g/mol. The molecule has 180 valence electrons. The minimum absolute atomic E-state index is 0.0316. The lowest BCUT2D eigenvalue weighted by atomic mass is 10.1. The lowest BCUT2D eigenvalue weighted by molar-refractivity contribution is -0.152. The smallest absolute Gasteiger partial charge is 0.337 e. The van der Waals surface area contributed by atoms with Crippen LogP contribution in [0.4, 0.5) is 23.2 Å². The number of ether oxygens (including phenoxy) is 2. The summed E-state index contributed by atoms with van der Waals surface area (Å²) < 4.78 is 63.4. The van der Waals surface area contributed by atoms with Crippen molar-refractivity contribution in [2.75, 3.05) is 25.1 Å². The molecule has 1 saturated heterocycles. The number of imide groups is 1. The Kier molecular flexibility index (Phi) is 7.61. The van der Waals surface area contributed by atoms with Crippen LogP contribution in [0, 0.1) is 30.2 Å². The molecule has 1 aliphatic rings. The van der Waals surface area contributed by atoms with E-state index in [2.05, 4.69) is 10.1 Å². The molecule has 12 heteroatoms. The number of nitrogens with one attached hydrogen (secondary N) is 1. The number of nitrogens with zero attached hydrogens (tertiary/aromatic N) is 1. The molecule has 0 radical (unpaired) electrons. The molecule has 8 nitrogen and oxygen atoms in total. The molecule has 1 N–H and O–H groups in total. The Morgan fingerprint density at radius 2 is 1.65 bits per heavy atom. The van der Waals surface area contributed by atoms with Crippen molar-refractivity contribution in [2.45, 2.75) is 19.8 Å². The summed E-state index contributed by atoms with van der Waals surface area (Å²) in [4.78, 5) is 48.0. The van der Waals surface area contributed by atoms with Gasteiger partial charge in [0.25, 0.3) is 0 Å². The molecule has 0 spiro atoms. The zero-order chi connectivity index (χ0) is 25.0.